The Hall–Kier alpha value is -0.650. The van der Waals surface area contributed by atoms with Crippen LogP contribution < -0.4 is 0 Å². The van der Waals surface area contributed by atoms with Crippen molar-refractivity contribution in [3.63, 3.8) is 0 Å². The van der Waals surface area contributed by atoms with Gasteiger partial charge in [-0.25, -0.2) is 0 Å². The third-order valence-electron chi connectivity index (χ3n) is 5.17. The predicted octanol–water partition coefficient (Wildman–Crippen LogP) is 5.92. The number of rotatable bonds is 21. The van der Waals surface area contributed by atoms with Crippen molar-refractivity contribution in [1.29, 1.82) is 0 Å². The van der Waals surface area contributed by atoms with Crippen molar-refractivity contribution in [3.05, 3.63) is 0 Å². The first-order valence-corrected chi connectivity index (χ1v) is 12.7. The molecule has 0 heterocycles. The first-order chi connectivity index (χ1) is 14.6. The van der Waals surface area contributed by atoms with Crippen LogP contribution in [0.25, 0.3) is 0 Å². The van der Waals surface area contributed by atoms with Crippen molar-refractivity contribution in [2.24, 2.45) is 0 Å². The van der Waals surface area contributed by atoms with E-state index in [1.165, 1.54) is 89.9 Å². The number of carbonyl (C=O) groups is 1. The molecule has 182 valence electrons. The van der Waals surface area contributed by atoms with Gasteiger partial charge in [0.2, 0.25) is 0 Å². The molecule has 0 atom stereocenters. The highest BCUT2D eigenvalue weighted by Crippen LogP contribution is 2.13. The molecule has 0 aliphatic heterocycles. The molecule has 3 N–H and O–H groups in total. The van der Waals surface area contributed by atoms with E-state index in [4.69, 9.17) is 20.1 Å². The average molecular weight is 433 g/mol. The Balaban J connectivity index is 0. The number of hydrogen-bond acceptors (Lipinski definition) is 5. The van der Waals surface area contributed by atoms with Gasteiger partial charge >= 0.3 is 5.97 Å². The molecule has 0 bridgehead atoms. The Morgan fingerprint density at radius 3 is 1.33 bits per heavy atom. The molecule has 5 nitrogen and oxygen atoms in total. The molecule has 5 heteroatoms. The normalized spacial score (nSPS) is 10.7. The lowest BCUT2D eigenvalue weighted by atomic mass is 10.0. The number of ether oxygens (including phenoxy) is 1. The SMILES string of the molecule is CCCCCCCCCCCCCCCCCC(=O)OCCCC.OCC(O)CO. The molecular formula is C25H52O5. The zero-order chi connectivity index (χ0) is 22.7. The van der Waals surface area contributed by atoms with Gasteiger partial charge in [0.1, 0.15) is 6.10 Å². The maximum absolute atomic E-state index is 11.4. The molecule has 0 aromatic heterocycles. The molecule has 0 aliphatic carbocycles. The van der Waals surface area contributed by atoms with Gasteiger partial charge in [-0.3, -0.25) is 4.79 Å². The van der Waals surface area contributed by atoms with E-state index in [0.717, 1.165) is 19.3 Å². The van der Waals surface area contributed by atoms with Gasteiger partial charge in [-0.05, 0) is 12.8 Å². The molecule has 0 radical (unpaired) electrons. The summed E-state index contributed by atoms with van der Waals surface area (Å²) in [5.74, 6) is -0.00172. The van der Waals surface area contributed by atoms with Gasteiger partial charge in [0.15, 0.2) is 0 Å². The maximum atomic E-state index is 11.4. The van der Waals surface area contributed by atoms with Crippen molar-refractivity contribution in [3.8, 4) is 0 Å². The van der Waals surface area contributed by atoms with Crippen LogP contribution in [0.5, 0.6) is 0 Å². The van der Waals surface area contributed by atoms with E-state index in [1.807, 2.05) is 0 Å². The Bertz CT molecular complexity index is 319. The lowest BCUT2D eigenvalue weighted by Gasteiger charge is -2.04. The maximum Gasteiger partial charge on any atom is 0.305 e. The summed E-state index contributed by atoms with van der Waals surface area (Å²) < 4.78 is 5.16. The first kappa shape index (κ1) is 31.5. The second-order valence-electron chi connectivity index (χ2n) is 8.29. The average Bonchev–Trinajstić information content (AvgIpc) is 2.76. The highest BCUT2D eigenvalue weighted by Gasteiger charge is 2.01. The van der Waals surface area contributed by atoms with Gasteiger partial charge in [0.05, 0.1) is 19.8 Å². The summed E-state index contributed by atoms with van der Waals surface area (Å²) in [6.45, 7) is 4.27. The van der Waals surface area contributed by atoms with Crippen LogP contribution in [0.2, 0.25) is 0 Å². The minimum absolute atomic E-state index is 0.00172. The minimum atomic E-state index is -0.954. The molecule has 0 saturated heterocycles. The molecule has 0 rings (SSSR count). The van der Waals surface area contributed by atoms with Crippen molar-refractivity contribution in [2.75, 3.05) is 19.8 Å². The lowest BCUT2D eigenvalue weighted by molar-refractivity contribution is -0.143. The molecule has 0 unspecified atom stereocenters. The largest absolute Gasteiger partial charge is 0.466 e. The molecule has 0 spiro atoms. The summed E-state index contributed by atoms with van der Waals surface area (Å²) in [5, 5.41) is 24.0. The van der Waals surface area contributed by atoms with Gasteiger partial charge < -0.3 is 20.1 Å². The Kier molecular flexibility index (Phi) is 29.8. The van der Waals surface area contributed by atoms with Gasteiger partial charge in [0, 0.05) is 6.42 Å². The van der Waals surface area contributed by atoms with Crippen LogP contribution in [0, 0.1) is 0 Å². The van der Waals surface area contributed by atoms with Crippen LogP contribution in [-0.4, -0.2) is 47.2 Å². The zero-order valence-corrected chi connectivity index (χ0v) is 20.1. The van der Waals surface area contributed by atoms with Gasteiger partial charge in [-0.1, -0.05) is 110 Å². The fraction of sp³-hybridized carbons (Fsp3) is 0.960. The van der Waals surface area contributed by atoms with Crippen molar-refractivity contribution in [1.82, 2.24) is 0 Å². The molecule has 0 fully saturated rings. The zero-order valence-electron chi connectivity index (χ0n) is 20.1. The molecular weight excluding hydrogens is 380 g/mol. The van der Waals surface area contributed by atoms with Crippen LogP contribution in [0.1, 0.15) is 129 Å². The van der Waals surface area contributed by atoms with Crippen LogP contribution >= 0.6 is 0 Å². The fourth-order valence-electron chi connectivity index (χ4n) is 3.10. The van der Waals surface area contributed by atoms with Gasteiger partial charge in [0.25, 0.3) is 0 Å². The predicted molar refractivity (Wildman–Crippen MR) is 126 cm³/mol. The molecule has 0 aromatic rings. The standard InChI is InChI=1S/C22H44O2.C3H8O3/c1-3-5-7-8-9-10-11-12-13-14-15-16-17-18-19-20-22(23)24-21-6-4-2;4-1-3(6)2-5/h3-21H2,1-2H3;3-6H,1-2H2. The summed E-state index contributed by atoms with van der Waals surface area (Å²) in [4.78, 5) is 11.4. The number of esters is 1. The quantitative estimate of drug-likeness (QED) is 0.155. The van der Waals surface area contributed by atoms with Crippen LogP contribution in [0.15, 0.2) is 0 Å². The summed E-state index contributed by atoms with van der Waals surface area (Å²) >= 11 is 0. The van der Waals surface area contributed by atoms with E-state index in [2.05, 4.69) is 13.8 Å². The summed E-state index contributed by atoms with van der Waals surface area (Å²) in [6.07, 6.45) is 22.1. The minimum Gasteiger partial charge on any atom is -0.466 e. The topological polar surface area (TPSA) is 87.0 Å². The van der Waals surface area contributed by atoms with E-state index in [1.54, 1.807) is 0 Å². The number of hydrogen-bond donors (Lipinski definition) is 3. The van der Waals surface area contributed by atoms with E-state index >= 15 is 0 Å². The van der Waals surface area contributed by atoms with Gasteiger partial charge in [-0.15, -0.1) is 0 Å². The van der Waals surface area contributed by atoms with E-state index in [-0.39, 0.29) is 19.2 Å². The van der Waals surface area contributed by atoms with Crippen molar-refractivity contribution < 1.29 is 24.9 Å². The molecule has 0 amide bonds. The van der Waals surface area contributed by atoms with E-state index in [0.29, 0.717) is 13.0 Å². The highest BCUT2D eigenvalue weighted by atomic mass is 16.5. The van der Waals surface area contributed by atoms with E-state index in [9.17, 15) is 4.79 Å². The number of aliphatic hydroxyl groups is 3. The number of carbonyl (C=O) groups excluding carboxylic acids is 1. The summed E-state index contributed by atoms with van der Waals surface area (Å²) in [6, 6.07) is 0. The second-order valence-corrected chi connectivity index (χ2v) is 8.29. The highest BCUT2D eigenvalue weighted by molar-refractivity contribution is 5.69. The lowest BCUT2D eigenvalue weighted by Crippen LogP contribution is -2.15. The molecule has 0 aliphatic rings. The van der Waals surface area contributed by atoms with Gasteiger partial charge in [-0.2, -0.15) is 0 Å². The fourth-order valence-corrected chi connectivity index (χ4v) is 3.10. The van der Waals surface area contributed by atoms with Crippen molar-refractivity contribution >= 4 is 5.97 Å². The third kappa shape index (κ3) is 29.6. The molecule has 0 aromatic carbocycles. The van der Waals surface area contributed by atoms with Crippen LogP contribution in [0.3, 0.4) is 0 Å². The molecule has 0 saturated carbocycles. The Labute approximate surface area is 186 Å². The van der Waals surface area contributed by atoms with E-state index < -0.39 is 6.10 Å². The van der Waals surface area contributed by atoms with Crippen molar-refractivity contribution in [2.45, 2.75) is 136 Å². The number of aliphatic hydroxyl groups excluding tert-OH is 3. The molecule has 30 heavy (non-hydrogen) atoms. The smallest absolute Gasteiger partial charge is 0.305 e. The monoisotopic (exact) mass is 432 g/mol. The summed E-state index contributed by atoms with van der Waals surface area (Å²) in [7, 11) is 0. The third-order valence-corrected chi connectivity index (χ3v) is 5.17. The van der Waals surface area contributed by atoms with Crippen LogP contribution in [0.4, 0.5) is 0 Å². The Morgan fingerprint density at radius 2 is 1.00 bits per heavy atom. The first-order valence-electron chi connectivity index (χ1n) is 12.7. The number of unbranched alkanes of at least 4 members (excludes halogenated alkanes) is 15. The second kappa shape index (κ2) is 28.4. The Morgan fingerprint density at radius 1 is 0.633 bits per heavy atom. The summed E-state index contributed by atoms with van der Waals surface area (Å²) in [5.41, 5.74) is 0. The van der Waals surface area contributed by atoms with Crippen LogP contribution in [-0.2, 0) is 9.53 Å².